The molecule has 0 spiro atoms. The summed E-state index contributed by atoms with van der Waals surface area (Å²) in [5.74, 6) is 0. The third kappa shape index (κ3) is 1.75. The molecule has 0 aromatic heterocycles. The van der Waals surface area contributed by atoms with E-state index in [2.05, 4.69) is 39.9 Å². The van der Waals surface area contributed by atoms with E-state index >= 15 is 0 Å². The van der Waals surface area contributed by atoms with Crippen LogP contribution in [-0.4, -0.2) is 18.6 Å². The first kappa shape index (κ1) is 11.0. The highest BCUT2D eigenvalue weighted by atomic mass is 15.1. The van der Waals surface area contributed by atoms with E-state index in [0.717, 1.165) is 13.0 Å². The van der Waals surface area contributed by atoms with E-state index in [-0.39, 0.29) is 0 Å². The molecule has 0 heterocycles. The molecule has 0 radical (unpaired) electrons. The lowest BCUT2D eigenvalue weighted by atomic mass is 10.0. The monoisotopic (exact) mass is 184 g/mol. The molecule has 0 bridgehead atoms. The minimum atomic E-state index is 0.312. The van der Waals surface area contributed by atoms with Gasteiger partial charge in [-0.25, -0.2) is 0 Å². The smallest absolute Gasteiger partial charge is 0.0181 e. The van der Waals surface area contributed by atoms with E-state index in [9.17, 15) is 0 Å². The van der Waals surface area contributed by atoms with Crippen LogP contribution in [0.5, 0.6) is 0 Å². The van der Waals surface area contributed by atoms with Gasteiger partial charge in [-0.1, -0.05) is 34.6 Å². The van der Waals surface area contributed by atoms with Crippen molar-refractivity contribution >= 4 is 0 Å². The molecule has 13 heavy (non-hydrogen) atoms. The maximum atomic E-state index is 5.86. The van der Waals surface area contributed by atoms with Crippen molar-refractivity contribution in [3.05, 3.63) is 0 Å². The summed E-state index contributed by atoms with van der Waals surface area (Å²) >= 11 is 0. The Labute approximate surface area is 82.3 Å². The van der Waals surface area contributed by atoms with E-state index in [4.69, 9.17) is 5.73 Å². The lowest BCUT2D eigenvalue weighted by Crippen LogP contribution is -2.36. The van der Waals surface area contributed by atoms with E-state index in [1.807, 2.05) is 0 Å². The number of hydrogen-bond donors (Lipinski definition) is 2. The van der Waals surface area contributed by atoms with Crippen LogP contribution >= 0.6 is 0 Å². The van der Waals surface area contributed by atoms with Gasteiger partial charge in [-0.05, 0) is 17.3 Å². The number of rotatable bonds is 4. The quantitative estimate of drug-likeness (QED) is 0.698. The van der Waals surface area contributed by atoms with Crippen molar-refractivity contribution in [1.29, 1.82) is 0 Å². The fourth-order valence-electron chi connectivity index (χ4n) is 2.12. The lowest BCUT2D eigenvalue weighted by molar-refractivity contribution is 0.457. The number of hydrogen-bond acceptors (Lipinski definition) is 2. The summed E-state index contributed by atoms with van der Waals surface area (Å²) in [6.45, 7) is 12.4. The van der Waals surface area contributed by atoms with Crippen LogP contribution in [-0.2, 0) is 0 Å². The molecule has 0 saturated heterocycles. The van der Waals surface area contributed by atoms with Crippen LogP contribution in [0.15, 0.2) is 0 Å². The van der Waals surface area contributed by atoms with E-state index < -0.39 is 0 Å². The summed E-state index contributed by atoms with van der Waals surface area (Å²) < 4.78 is 0. The largest absolute Gasteiger partial charge is 0.327 e. The Hall–Kier alpha value is -0.0800. The van der Waals surface area contributed by atoms with Crippen molar-refractivity contribution in [3.63, 3.8) is 0 Å². The molecule has 0 aliphatic heterocycles. The van der Waals surface area contributed by atoms with Crippen molar-refractivity contribution in [1.82, 2.24) is 5.32 Å². The second-order valence-corrected chi connectivity index (χ2v) is 5.45. The van der Waals surface area contributed by atoms with Crippen molar-refractivity contribution in [2.45, 2.75) is 53.1 Å². The standard InChI is InChI=1S/C11H24N2/c1-6-8(12)7-13-9-10(2,3)11(9,4)5/h8-9,13H,6-7,12H2,1-5H3. The predicted molar refractivity (Wildman–Crippen MR) is 57.6 cm³/mol. The zero-order chi connectivity index (χ0) is 10.3. The maximum Gasteiger partial charge on any atom is 0.0181 e. The number of nitrogens with one attached hydrogen (secondary N) is 1. The second kappa shape index (κ2) is 3.25. The van der Waals surface area contributed by atoms with Crippen LogP contribution < -0.4 is 11.1 Å². The van der Waals surface area contributed by atoms with Gasteiger partial charge in [0.05, 0.1) is 0 Å². The summed E-state index contributed by atoms with van der Waals surface area (Å²) in [5, 5.41) is 3.56. The fourth-order valence-corrected chi connectivity index (χ4v) is 2.12. The molecule has 1 saturated carbocycles. The van der Waals surface area contributed by atoms with Gasteiger partial charge >= 0.3 is 0 Å². The van der Waals surface area contributed by atoms with Gasteiger partial charge in [0.2, 0.25) is 0 Å². The highest BCUT2D eigenvalue weighted by molar-refractivity contribution is 5.17. The molecular weight excluding hydrogens is 160 g/mol. The van der Waals surface area contributed by atoms with Crippen molar-refractivity contribution in [3.8, 4) is 0 Å². The fraction of sp³-hybridized carbons (Fsp3) is 1.00. The van der Waals surface area contributed by atoms with Crippen LogP contribution in [0.4, 0.5) is 0 Å². The van der Waals surface area contributed by atoms with Crippen molar-refractivity contribution in [2.24, 2.45) is 16.6 Å². The highest BCUT2D eigenvalue weighted by Crippen LogP contribution is 2.62. The van der Waals surface area contributed by atoms with Crippen LogP contribution in [0.1, 0.15) is 41.0 Å². The highest BCUT2D eigenvalue weighted by Gasteiger charge is 2.64. The topological polar surface area (TPSA) is 38.0 Å². The maximum absolute atomic E-state index is 5.86. The zero-order valence-corrected chi connectivity index (χ0v) is 9.65. The van der Waals surface area contributed by atoms with Gasteiger partial charge in [-0.2, -0.15) is 0 Å². The molecule has 78 valence electrons. The first-order valence-corrected chi connectivity index (χ1v) is 5.33. The average Bonchev–Trinajstić information content (AvgIpc) is 2.40. The molecule has 0 amide bonds. The molecule has 1 fully saturated rings. The summed E-state index contributed by atoms with van der Waals surface area (Å²) in [7, 11) is 0. The first-order chi connectivity index (χ1) is 5.84. The molecule has 1 unspecified atom stereocenters. The van der Waals surface area contributed by atoms with Crippen LogP contribution in [0.3, 0.4) is 0 Å². The Morgan fingerprint density at radius 1 is 1.23 bits per heavy atom. The van der Waals surface area contributed by atoms with Gasteiger partial charge < -0.3 is 11.1 Å². The molecule has 1 aliphatic carbocycles. The predicted octanol–water partition coefficient (Wildman–Crippen LogP) is 1.75. The zero-order valence-electron chi connectivity index (χ0n) is 9.65. The second-order valence-electron chi connectivity index (χ2n) is 5.45. The third-order valence-electron chi connectivity index (χ3n) is 4.13. The van der Waals surface area contributed by atoms with Gasteiger partial charge in [-0.15, -0.1) is 0 Å². The minimum absolute atomic E-state index is 0.312. The third-order valence-corrected chi connectivity index (χ3v) is 4.13. The van der Waals surface area contributed by atoms with Crippen LogP contribution in [0.2, 0.25) is 0 Å². The first-order valence-electron chi connectivity index (χ1n) is 5.33. The summed E-state index contributed by atoms with van der Waals surface area (Å²) in [6.07, 6.45) is 1.06. The summed E-state index contributed by atoms with van der Waals surface area (Å²) in [4.78, 5) is 0. The Kier molecular flexibility index (Phi) is 2.75. The normalized spacial score (nSPS) is 27.2. The van der Waals surface area contributed by atoms with Gasteiger partial charge in [-0.3, -0.25) is 0 Å². The van der Waals surface area contributed by atoms with E-state index in [1.54, 1.807) is 0 Å². The SMILES string of the molecule is CCC(N)CNC1C(C)(C)C1(C)C. The number of nitrogens with two attached hydrogens (primary N) is 1. The Bertz CT molecular complexity index is 171. The molecule has 1 aliphatic rings. The Balaban J connectivity index is 2.34. The molecule has 1 rings (SSSR count). The minimum Gasteiger partial charge on any atom is -0.327 e. The molecular formula is C11H24N2. The summed E-state index contributed by atoms with van der Waals surface area (Å²) in [6, 6.07) is 0.949. The molecule has 1 atom stereocenters. The van der Waals surface area contributed by atoms with E-state index in [0.29, 0.717) is 22.9 Å². The van der Waals surface area contributed by atoms with Crippen molar-refractivity contribution < 1.29 is 0 Å². The van der Waals surface area contributed by atoms with Crippen molar-refractivity contribution in [2.75, 3.05) is 6.54 Å². The van der Waals surface area contributed by atoms with Gasteiger partial charge in [0.1, 0.15) is 0 Å². The Morgan fingerprint density at radius 3 is 2.00 bits per heavy atom. The van der Waals surface area contributed by atoms with Gasteiger partial charge in [0.15, 0.2) is 0 Å². The average molecular weight is 184 g/mol. The van der Waals surface area contributed by atoms with Gasteiger partial charge in [0.25, 0.3) is 0 Å². The summed E-state index contributed by atoms with van der Waals surface area (Å²) in [5.41, 5.74) is 6.73. The van der Waals surface area contributed by atoms with Gasteiger partial charge in [0, 0.05) is 18.6 Å². The van der Waals surface area contributed by atoms with Crippen LogP contribution in [0.25, 0.3) is 0 Å². The molecule has 0 aromatic rings. The molecule has 2 nitrogen and oxygen atoms in total. The van der Waals surface area contributed by atoms with E-state index in [1.165, 1.54) is 0 Å². The Morgan fingerprint density at radius 2 is 1.69 bits per heavy atom. The molecule has 2 heteroatoms. The molecule has 0 aromatic carbocycles. The lowest BCUT2D eigenvalue weighted by Gasteiger charge is -2.11. The molecule has 3 N–H and O–H groups in total. The van der Waals surface area contributed by atoms with Crippen LogP contribution in [0, 0.1) is 10.8 Å².